The Morgan fingerprint density at radius 1 is 0.806 bits per heavy atom. The number of hydrogen-bond acceptors (Lipinski definition) is 3. The monoisotopic (exact) mass is 498 g/mol. The molecule has 0 bridgehead atoms. The highest BCUT2D eigenvalue weighted by Gasteiger charge is 2.72. The van der Waals surface area contributed by atoms with Crippen molar-refractivity contribution in [2.75, 3.05) is 0 Å². The first kappa shape index (κ1) is 26.3. The number of aliphatic carboxylic acids is 1. The average Bonchev–Trinajstić information content (AvgIpc) is 3.17. The molecule has 0 aromatic rings. The van der Waals surface area contributed by atoms with Crippen molar-refractivity contribution in [2.24, 2.45) is 56.7 Å². The van der Waals surface area contributed by atoms with Gasteiger partial charge in [0.05, 0.1) is 5.41 Å². The Kier molecular flexibility index (Phi) is 5.91. The highest BCUT2D eigenvalue weighted by atomic mass is 16.5. The second-order valence-corrected chi connectivity index (χ2v) is 15.1. The minimum Gasteiger partial charge on any atom is -0.481 e. The lowest BCUT2D eigenvalue weighted by Crippen LogP contribution is -2.67. The lowest BCUT2D eigenvalue weighted by molar-refractivity contribution is -0.250. The van der Waals surface area contributed by atoms with Crippen LogP contribution in [0.1, 0.15) is 113 Å². The fraction of sp³-hybridized carbons (Fsp3) is 0.875. The van der Waals surface area contributed by atoms with E-state index in [4.69, 9.17) is 4.74 Å². The molecule has 202 valence electrons. The first-order chi connectivity index (χ1) is 16.6. The standard InChI is InChI=1S/C32H50O4/c1-19(2)21-11-16-32(27(34)35)18-17-30(7)22(26(21)32)9-10-24-29(6)14-13-25(36-20(3)33)28(4,5)23(29)12-15-31(24,30)8/h21-26H,1,9-18H2,2-8H3,(H,34,35)/t21?,22?,23?,24?,25?,26?,29?,30-,31?,32?/m1/s1. The number of fused-ring (bicyclic) bond motifs is 7. The number of allylic oxidation sites excluding steroid dienone is 1. The molecule has 5 saturated carbocycles. The molecule has 5 fully saturated rings. The summed E-state index contributed by atoms with van der Waals surface area (Å²) in [5, 5.41) is 10.5. The quantitative estimate of drug-likeness (QED) is 0.320. The number of ether oxygens (including phenoxy) is 1. The van der Waals surface area contributed by atoms with E-state index in [1.807, 2.05) is 0 Å². The molecule has 4 nitrogen and oxygen atoms in total. The first-order valence-corrected chi connectivity index (χ1v) is 14.7. The number of rotatable bonds is 3. The minimum absolute atomic E-state index is 0.00466. The van der Waals surface area contributed by atoms with Crippen LogP contribution in [0.3, 0.4) is 0 Å². The molecular formula is C32H50O4. The average molecular weight is 499 g/mol. The zero-order valence-electron chi connectivity index (χ0n) is 23.9. The van der Waals surface area contributed by atoms with Crippen molar-refractivity contribution in [1.29, 1.82) is 0 Å². The third-order valence-corrected chi connectivity index (χ3v) is 13.7. The number of carbonyl (C=O) groups is 2. The van der Waals surface area contributed by atoms with E-state index in [2.05, 4.69) is 48.1 Å². The summed E-state index contributed by atoms with van der Waals surface area (Å²) in [5.41, 5.74) is 1.20. The summed E-state index contributed by atoms with van der Waals surface area (Å²) in [6, 6.07) is 0. The van der Waals surface area contributed by atoms with Gasteiger partial charge in [-0.1, -0.05) is 46.8 Å². The highest BCUT2D eigenvalue weighted by molar-refractivity contribution is 5.76. The summed E-state index contributed by atoms with van der Waals surface area (Å²) in [6.45, 7) is 20.4. The number of esters is 1. The maximum atomic E-state index is 12.8. The molecule has 0 heterocycles. The van der Waals surface area contributed by atoms with Crippen molar-refractivity contribution in [3.8, 4) is 0 Å². The molecule has 0 aromatic heterocycles. The van der Waals surface area contributed by atoms with Crippen LogP contribution in [-0.4, -0.2) is 23.1 Å². The Bertz CT molecular complexity index is 967. The first-order valence-electron chi connectivity index (χ1n) is 14.7. The topological polar surface area (TPSA) is 63.6 Å². The number of carboxylic acid groups (broad SMARTS) is 1. The van der Waals surface area contributed by atoms with Gasteiger partial charge in [0.2, 0.25) is 0 Å². The van der Waals surface area contributed by atoms with Gasteiger partial charge < -0.3 is 9.84 Å². The van der Waals surface area contributed by atoms with Gasteiger partial charge in [-0.15, -0.1) is 0 Å². The zero-order chi connectivity index (χ0) is 26.5. The van der Waals surface area contributed by atoms with E-state index in [9.17, 15) is 14.7 Å². The fourth-order valence-electron chi connectivity index (χ4n) is 11.9. The zero-order valence-corrected chi connectivity index (χ0v) is 23.9. The van der Waals surface area contributed by atoms with Gasteiger partial charge in [-0.25, -0.2) is 0 Å². The lowest BCUT2D eigenvalue weighted by atomic mass is 9.32. The Morgan fingerprint density at radius 2 is 1.50 bits per heavy atom. The summed E-state index contributed by atoms with van der Waals surface area (Å²) in [6.07, 6.45) is 10.5. The molecule has 1 N–H and O–H groups in total. The second-order valence-electron chi connectivity index (χ2n) is 15.1. The van der Waals surface area contributed by atoms with Crippen LogP contribution in [0.4, 0.5) is 0 Å². The molecule has 5 aliphatic rings. The minimum atomic E-state index is -0.553. The van der Waals surface area contributed by atoms with E-state index in [0.29, 0.717) is 23.7 Å². The molecule has 9 unspecified atom stereocenters. The van der Waals surface area contributed by atoms with Crippen LogP contribution >= 0.6 is 0 Å². The Balaban J connectivity index is 1.52. The van der Waals surface area contributed by atoms with Crippen molar-refractivity contribution in [2.45, 2.75) is 119 Å². The van der Waals surface area contributed by atoms with Gasteiger partial charge in [-0.3, -0.25) is 9.59 Å². The SMILES string of the molecule is C=C(C)C1CCC2(C(=O)O)CC[C@]3(C)C(CCC4C5(C)CCC(OC(C)=O)C(C)(C)C5CCC43C)C12. The number of hydrogen-bond donors (Lipinski definition) is 1. The molecule has 0 aromatic carbocycles. The normalized spacial score (nSPS) is 51.2. The van der Waals surface area contributed by atoms with E-state index < -0.39 is 11.4 Å². The molecule has 5 rings (SSSR count). The second kappa shape index (κ2) is 8.09. The third kappa shape index (κ3) is 3.17. The fourth-order valence-corrected chi connectivity index (χ4v) is 11.9. The van der Waals surface area contributed by atoms with Gasteiger partial charge in [-0.05, 0) is 117 Å². The molecule has 4 heteroatoms. The van der Waals surface area contributed by atoms with Crippen molar-refractivity contribution < 1.29 is 19.4 Å². The van der Waals surface area contributed by atoms with Crippen LogP contribution in [0.25, 0.3) is 0 Å². The van der Waals surface area contributed by atoms with Crippen molar-refractivity contribution >= 4 is 11.9 Å². The molecule has 0 aliphatic heterocycles. The van der Waals surface area contributed by atoms with E-state index >= 15 is 0 Å². The highest BCUT2D eigenvalue weighted by Crippen LogP contribution is 2.77. The van der Waals surface area contributed by atoms with Gasteiger partial charge in [0.25, 0.3) is 0 Å². The Labute approximate surface area is 219 Å². The van der Waals surface area contributed by atoms with Gasteiger partial charge in [-0.2, -0.15) is 0 Å². The smallest absolute Gasteiger partial charge is 0.309 e. The maximum Gasteiger partial charge on any atom is 0.309 e. The maximum absolute atomic E-state index is 12.8. The largest absolute Gasteiger partial charge is 0.481 e. The van der Waals surface area contributed by atoms with Gasteiger partial charge >= 0.3 is 11.9 Å². The predicted octanol–water partition coefficient (Wildman–Crippen LogP) is 7.66. The van der Waals surface area contributed by atoms with Crippen LogP contribution < -0.4 is 0 Å². The number of carboxylic acids is 1. The summed E-state index contributed by atoms with van der Waals surface area (Å²) in [5.74, 6) is 1.49. The van der Waals surface area contributed by atoms with Crippen LogP contribution in [0.15, 0.2) is 12.2 Å². The van der Waals surface area contributed by atoms with Crippen molar-refractivity contribution in [3.05, 3.63) is 12.2 Å². The Morgan fingerprint density at radius 3 is 2.11 bits per heavy atom. The van der Waals surface area contributed by atoms with E-state index in [1.165, 1.54) is 24.8 Å². The van der Waals surface area contributed by atoms with Gasteiger partial charge in [0.15, 0.2) is 0 Å². The van der Waals surface area contributed by atoms with E-state index in [1.54, 1.807) is 6.92 Å². The van der Waals surface area contributed by atoms with Crippen molar-refractivity contribution in [1.82, 2.24) is 0 Å². The van der Waals surface area contributed by atoms with Crippen LogP contribution in [-0.2, 0) is 14.3 Å². The van der Waals surface area contributed by atoms with Crippen LogP contribution in [0, 0.1) is 56.7 Å². The molecule has 0 saturated heterocycles. The van der Waals surface area contributed by atoms with Crippen molar-refractivity contribution in [3.63, 3.8) is 0 Å². The number of carbonyl (C=O) groups excluding carboxylic acids is 1. The third-order valence-electron chi connectivity index (χ3n) is 13.7. The Hall–Kier alpha value is -1.32. The molecule has 0 amide bonds. The molecule has 0 spiro atoms. The molecule has 10 atom stereocenters. The molecule has 36 heavy (non-hydrogen) atoms. The van der Waals surface area contributed by atoms with E-state index in [0.717, 1.165) is 44.9 Å². The summed E-state index contributed by atoms with van der Waals surface area (Å²) < 4.78 is 5.88. The molecular weight excluding hydrogens is 448 g/mol. The molecule has 0 radical (unpaired) electrons. The summed E-state index contributed by atoms with van der Waals surface area (Å²) in [4.78, 5) is 24.7. The summed E-state index contributed by atoms with van der Waals surface area (Å²) >= 11 is 0. The van der Waals surface area contributed by atoms with Crippen LogP contribution in [0.2, 0.25) is 0 Å². The van der Waals surface area contributed by atoms with Gasteiger partial charge in [0, 0.05) is 12.3 Å². The lowest BCUT2D eigenvalue weighted by Gasteiger charge is -2.72. The van der Waals surface area contributed by atoms with E-state index in [-0.39, 0.29) is 39.7 Å². The molecule has 5 aliphatic carbocycles. The van der Waals surface area contributed by atoms with Crippen LogP contribution in [0.5, 0.6) is 0 Å². The summed E-state index contributed by atoms with van der Waals surface area (Å²) in [7, 11) is 0. The van der Waals surface area contributed by atoms with Gasteiger partial charge in [0.1, 0.15) is 6.10 Å². The predicted molar refractivity (Wildman–Crippen MR) is 142 cm³/mol.